The zero-order chi connectivity index (χ0) is 11.9. The van der Waals surface area contributed by atoms with Crippen molar-refractivity contribution in [3.8, 4) is 0 Å². The lowest BCUT2D eigenvalue weighted by molar-refractivity contribution is -0.147. The third-order valence-electron chi connectivity index (χ3n) is 2.60. The molecule has 0 radical (unpaired) electrons. The molecule has 4 nitrogen and oxygen atoms in total. The lowest BCUT2D eigenvalue weighted by atomic mass is 9.88. The largest absolute Gasteiger partial charge is 0.481 e. The third kappa shape index (κ3) is 6.47. The molecule has 0 heterocycles. The first-order valence-electron chi connectivity index (χ1n) is 5.31. The van der Waals surface area contributed by atoms with Crippen LogP contribution in [-0.4, -0.2) is 49.8 Å². The predicted octanol–water partition coefficient (Wildman–Crippen LogP) is 1.46. The molecule has 0 aliphatic rings. The summed E-state index contributed by atoms with van der Waals surface area (Å²) in [4.78, 5) is 13.0. The van der Waals surface area contributed by atoms with E-state index in [9.17, 15) is 4.79 Å². The summed E-state index contributed by atoms with van der Waals surface area (Å²) < 4.78 is 4.96. The van der Waals surface area contributed by atoms with Crippen molar-refractivity contribution in [2.75, 3.05) is 33.9 Å². The summed E-state index contributed by atoms with van der Waals surface area (Å²) >= 11 is 0. The highest BCUT2D eigenvalue weighted by Crippen LogP contribution is 2.22. The molecule has 0 saturated carbocycles. The smallest absolute Gasteiger partial charge is 0.309 e. The molecule has 0 atom stereocenters. The van der Waals surface area contributed by atoms with Gasteiger partial charge >= 0.3 is 5.97 Å². The van der Waals surface area contributed by atoms with Crippen LogP contribution in [0.15, 0.2) is 0 Å². The Kier molecular flexibility index (Phi) is 6.52. The number of methoxy groups -OCH3 is 1. The molecule has 1 N–H and O–H groups in total. The number of ether oxygens (including phenoxy) is 1. The molecule has 4 heteroatoms. The number of hydrogen-bond donors (Lipinski definition) is 1. The van der Waals surface area contributed by atoms with Crippen molar-refractivity contribution in [3.63, 3.8) is 0 Å². The monoisotopic (exact) mass is 217 g/mol. The van der Waals surface area contributed by atoms with Crippen LogP contribution >= 0.6 is 0 Å². The van der Waals surface area contributed by atoms with Crippen LogP contribution in [0.2, 0.25) is 0 Å². The second-order valence-electron chi connectivity index (χ2n) is 4.59. The second-order valence-corrected chi connectivity index (χ2v) is 4.59. The van der Waals surface area contributed by atoms with Crippen molar-refractivity contribution in [1.82, 2.24) is 4.90 Å². The zero-order valence-electron chi connectivity index (χ0n) is 10.2. The van der Waals surface area contributed by atoms with E-state index in [-0.39, 0.29) is 0 Å². The van der Waals surface area contributed by atoms with E-state index in [0.717, 1.165) is 26.1 Å². The average molecular weight is 217 g/mol. The summed E-state index contributed by atoms with van der Waals surface area (Å²) in [5, 5.41) is 8.91. The van der Waals surface area contributed by atoms with Gasteiger partial charge in [0.25, 0.3) is 0 Å². The second kappa shape index (κ2) is 6.80. The van der Waals surface area contributed by atoms with Crippen molar-refractivity contribution >= 4 is 5.97 Å². The van der Waals surface area contributed by atoms with Crippen LogP contribution in [0.5, 0.6) is 0 Å². The molecule has 0 saturated heterocycles. The maximum Gasteiger partial charge on any atom is 0.309 e. The van der Waals surface area contributed by atoms with Gasteiger partial charge in [-0.3, -0.25) is 4.79 Å². The van der Waals surface area contributed by atoms with Gasteiger partial charge in [0.2, 0.25) is 0 Å². The summed E-state index contributed by atoms with van der Waals surface area (Å²) in [7, 11) is 3.70. The van der Waals surface area contributed by atoms with Gasteiger partial charge in [0.1, 0.15) is 0 Å². The van der Waals surface area contributed by atoms with E-state index in [4.69, 9.17) is 9.84 Å². The lowest BCUT2D eigenvalue weighted by Gasteiger charge is -2.21. The van der Waals surface area contributed by atoms with E-state index in [1.165, 1.54) is 0 Å². The van der Waals surface area contributed by atoms with Crippen LogP contribution in [0, 0.1) is 5.41 Å². The van der Waals surface area contributed by atoms with Crippen molar-refractivity contribution in [3.05, 3.63) is 0 Å². The van der Waals surface area contributed by atoms with E-state index in [1.807, 2.05) is 7.05 Å². The highest BCUT2D eigenvalue weighted by Gasteiger charge is 2.26. The first-order chi connectivity index (χ1) is 6.90. The van der Waals surface area contributed by atoms with E-state index in [1.54, 1.807) is 21.0 Å². The van der Waals surface area contributed by atoms with Crippen LogP contribution in [0.4, 0.5) is 0 Å². The normalized spacial score (nSPS) is 12.1. The Hall–Kier alpha value is -0.610. The number of carboxylic acid groups (broad SMARTS) is 1. The number of carboxylic acids is 1. The Bertz CT molecular complexity index is 192. The Morgan fingerprint density at radius 2 is 2.00 bits per heavy atom. The molecule has 0 fully saturated rings. The Balaban J connectivity index is 3.65. The number of hydrogen-bond acceptors (Lipinski definition) is 3. The fourth-order valence-electron chi connectivity index (χ4n) is 1.26. The summed E-state index contributed by atoms with van der Waals surface area (Å²) in [5.41, 5.74) is -0.609. The van der Waals surface area contributed by atoms with E-state index >= 15 is 0 Å². The Labute approximate surface area is 92.2 Å². The highest BCUT2D eigenvalue weighted by molar-refractivity contribution is 5.73. The molecule has 0 aliphatic carbocycles. The number of likely N-dealkylation sites (N-methyl/N-ethyl adjacent to an activating group) is 1. The van der Waals surface area contributed by atoms with Gasteiger partial charge in [-0.15, -0.1) is 0 Å². The van der Waals surface area contributed by atoms with E-state index in [0.29, 0.717) is 6.42 Å². The standard InChI is InChI=1S/C11H23NO3/c1-11(2,10(13)14)6-5-7-12(3)8-9-15-4/h5-9H2,1-4H3,(H,13,14). The van der Waals surface area contributed by atoms with Gasteiger partial charge in [-0.25, -0.2) is 0 Å². The van der Waals surface area contributed by atoms with Crippen molar-refractivity contribution < 1.29 is 14.6 Å². The minimum absolute atomic E-state index is 0.609. The van der Waals surface area contributed by atoms with Gasteiger partial charge in [0, 0.05) is 13.7 Å². The van der Waals surface area contributed by atoms with Crippen LogP contribution in [0.3, 0.4) is 0 Å². The fraction of sp³-hybridized carbons (Fsp3) is 0.909. The van der Waals surface area contributed by atoms with Gasteiger partial charge in [0.05, 0.1) is 12.0 Å². The van der Waals surface area contributed by atoms with Crippen molar-refractivity contribution in [2.24, 2.45) is 5.41 Å². The maximum absolute atomic E-state index is 10.8. The van der Waals surface area contributed by atoms with Gasteiger partial charge in [-0.05, 0) is 40.3 Å². The summed E-state index contributed by atoms with van der Waals surface area (Å²) in [5.74, 6) is -0.720. The lowest BCUT2D eigenvalue weighted by Crippen LogP contribution is -2.28. The molecule has 0 bridgehead atoms. The molecule has 0 aromatic rings. The first kappa shape index (κ1) is 14.4. The fourth-order valence-corrected chi connectivity index (χ4v) is 1.26. The molecular weight excluding hydrogens is 194 g/mol. The average Bonchev–Trinajstić information content (AvgIpc) is 2.14. The molecular formula is C11H23NO3. The Morgan fingerprint density at radius 1 is 1.40 bits per heavy atom. The van der Waals surface area contributed by atoms with Crippen LogP contribution < -0.4 is 0 Å². The number of nitrogens with zero attached hydrogens (tertiary/aromatic N) is 1. The molecule has 0 amide bonds. The van der Waals surface area contributed by atoms with Gasteiger partial charge in [-0.2, -0.15) is 0 Å². The Morgan fingerprint density at radius 3 is 2.47 bits per heavy atom. The van der Waals surface area contributed by atoms with Gasteiger partial charge in [-0.1, -0.05) is 0 Å². The molecule has 0 unspecified atom stereocenters. The SMILES string of the molecule is COCCN(C)CCCC(C)(C)C(=O)O. The van der Waals surface area contributed by atoms with Crippen LogP contribution in [0.25, 0.3) is 0 Å². The quantitative estimate of drug-likeness (QED) is 0.668. The predicted molar refractivity (Wildman–Crippen MR) is 60.0 cm³/mol. The van der Waals surface area contributed by atoms with E-state index in [2.05, 4.69) is 4.90 Å². The van der Waals surface area contributed by atoms with Crippen LogP contribution in [0.1, 0.15) is 26.7 Å². The van der Waals surface area contributed by atoms with Crippen molar-refractivity contribution in [1.29, 1.82) is 0 Å². The number of rotatable bonds is 8. The summed E-state index contributed by atoms with van der Waals surface area (Å²) in [6.07, 6.45) is 1.61. The van der Waals surface area contributed by atoms with Crippen molar-refractivity contribution in [2.45, 2.75) is 26.7 Å². The highest BCUT2D eigenvalue weighted by atomic mass is 16.5. The number of carbonyl (C=O) groups is 1. The molecule has 0 rings (SSSR count). The molecule has 0 spiro atoms. The summed E-state index contributed by atoms with van der Waals surface area (Å²) in [6.45, 7) is 6.07. The van der Waals surface area contributed by atoms with Gasteiger partial charge in [0.15, 0.2) is 0 Å². The minimum atomic E-state index is -0.720. The minimum Gasteiger partial charge on any atom is -0.481 e. The third-order valence-corrected chi connectivity index (χ3v) is 2.60. The molecule has 0 aromatic heterocycles. The summed E-state index contributed by atoms with van der Waals surface area (Å²) in [6, 6.07) is 0. The molecule has 0 aliphatic heterocycles. The number of aliphatic carboxylic acids is 1. The van der Waals surface area contributed by atoms with E-state index < -0.39 is 11.4 Å². The first-order valence-corrected chi connectivity index (χ1v) is 5.31. The topological polar surface area (TPSA) is 49.8 Å². The maximum atomic E-state index is 10.8. The zero-order valence-corrected chi connectivity index (χ0v) is 10.2. The van der Waals surface area contributed by atoms with Gasteiger partial charge < -0.3 is 14.7 Å². The molecule has 90 valence electrons. The van der Waals surface area contributed by atoms with Crippen LogP contribution in [-0.2, 0) is 9.53 Å². The molecule has 0 aromatic carbocycles. The molecule has 15 heavy (non-hydrogen) atoms.